The molecular weight excluding hydrogens is 338 g/mol. The van der Waals surface area contributed by atoms with Crippen LogP contribution in [0.3, 0.4) is 0 Å². The van der Waals surface area contributed by atoms with E-state index in [1.807, 2.05) is 30.3 Å². The molecule has 1 atom stereocenters. The second-order valence-electron chi connectivity index (χ2n) is 5.96. The number of carbonyl (C=O) groups excluding carboxylic acids is 1. The summed E-state index contributed by atoms with van der Waals surface area (Å²) in [6, 6.07) is 8.97. The number of aromatic nitrogens is 4. The Labute approximate surface area is 146 Å². The highest BCUT2D eigenvalue weighted by Gasteiger charge is 2.35. The monoisotopic (exact) mass is 353 g/mol. The average molecular weight is 353 g/mol. The lowest BCUT2D eigenvalue weighted by Crippen LogP contribution is -2.36. The lowest BCUT2D eigenvalue weighted by atomic mass is 10.2. The Hall–Kier alpha value is -3.49. The van der Waals surface area contributed by atoms with Crippen molar-refractivity contribution in [1.29, 1.82) is 0 Å². The molecule has 0 spiro atoms. The molecule has 3 heterocycles. The average Bonchev–Trinajstić information content (AvgIpc) is 3.31. The van der Waals surface area contributed by atoms with E-state index in [1.165, 1.54) is 4.90 Å². The van der Waals surface area contributed by atoms with Crippen LogP contribution < -0.4 is 11.2 Å². The SMILES string of the molecule is O=C(c1c[nH]c(=O)[nH]c1=O)N1CCCC1c1nc(-c2ccccc2)no1. The highest BCUT2D eigenvalue weighted by atomic mass is 16.5. The Morgan fingerprint density at radius 2 is 2.04 bits per heavy atom. The molecule has 132 valence electrons. The molecule has 0 aliphatic carbocycles. The van der Waals surface area contributed by atoms with E-state index >= 15 is 0 Å². The predicted octanol–water partition coefficient (Wildman–Crippen LogP) is 1.09. The molecule has 0 bridgehead atoms. The number of nitrogens with zero attached hydrogens (tertiary/aromatic N) is 3. The first-order valence-electron chi connectivity index (χ1n) is 8.15. The van der Waals surface area contributed by atoms with Crippen molar-refractivity contribution in [3.8, 4) is 11.4 Å². The van der Waals surface area contributed by atoms with E-state index in [0.29, 0.717) is 24.7 Å². The molecule has 2 N–H and O–H groups in total. The summed E-state index contributed by atoms with van der Waals surface area (Å²) in [5, 5.41) is 3.99. The minimum atomic E-state index is -0.722. The van der Waals surface area contributed by atoms with Crippen molar-refractivity contribution in [2.75, 3.05) is 6.54 Å². The number of H-pyrrole nitrogens is 2. The zero-order valence-electron chi connectivity index (χ0n) is 13.6. The van der Waals surface area contributed by atoms with Gasteiger partial charge in [-0.05, 0) is 12.8 Å². The van der Waals surface area contributed by atoms with E-state index in [2.05, 4.69) is 20.1 Å². The minimum Gasteiger partial charge on any atom is -0.337 e. The topological polar surface area (TPSA) is 125 Å². The third kappa shape index (κ3) is 2.83. The summed E-state index contributed by atoms with van der Waals surface area (Å²) in [5.74, 6) is 0.293. The van der Waals surface area contributed by atoms with Gasteiger partial charge < -0.3 is 14.4 Å². The molecule has 1 fully saturated rings. The van der Waals surface area contributed by atoms with Crippen molar-refractivity contribution in [3.63, 3.8) is 0 Å². The number of aromatic amines is 2. The van der Waals surface area contributed by atoms with Crippen LogP contribution in [0.2, 0.25) is 0 Å². The van der Waals surface area contributed by atoms with E-state index in [9.17, 15) is 14.4 Å². The summed E-state index contributed by atoms with van der Waals surface area (Å²) in [6.45, 7) is 0.463. The third-order valence-electron chi connectivity index (χ3n) is 4.32. The van der Waals surface area contributed by atoms with Crippen molar-refractivity contribution in [1.82, 2.24) is 25.0 Å². The number of rotatable bonds is 3. The lowest BCUT2D eigenvalue weighted by molar-refractivity contribution is 0.0707. The molecule has 2 aromatic heterocycles. The highest BCUT2D eigenvalue weighted by Crippen LogP contribution is 2.32. The van der Waals surface area contributed by atoms with E-state index < -0.39 is 23.2 Å². The van der Waals surface area contributed by atoms with Crippen LogP contribution in [0.5, 0.6) is 0 Å². The van der Waals surface area contributed by atoms with Crippen molar-refractivity contribution >= 4 is 5.91 Å². The van der Waals surface area contributed by atoms with Gasteiger partial charge in [0.15, 0.2) is 0 Å². The number of amides is 1. The Balaban J connectivity index is 1.63. The Bertz CT molecular complexity index is 1050. The number of benzene rings is 1. The maximum atomic E-state index is 12.7. The van der Waals surface area contributed by atoms with Crippen LogP contribution in [0.25, 0.3) is 11.4 Å². The summed E-state index contributed by atoms with van der Waals surface area (Å²) in [7, 11) is 0. The van der Waals surface area contributed by atoms with E-state index in [-0.39, 0.29) is 5.56 Å². The van der Waals surface area contributed by atoms with Crippen molar-refractivity contribution in [2.24, 2.45) is 0 Å². The first kappa shape index (κ1) is 16.0. The molecule has 9 nitrogen and oxygen atoms in total. The van der Waals surface area contributed by atoms with Crippen LogP contribution in [-0.4, -0.2) is 37.5 Å². The third-order valence-corrected chi connectivity index (χ3v) is 4.32. The smallest absolute Gasteiger partial charge is 0.325 e. The van der Waals surface area contributed by atoms with Gasteiger partial charge in [0, 0.05) is 18.3 Å². The van der Waals surface area contributed by atoms with Crippen molar-refractivity contribution in [2.45, 2.75) is 18.9 Å². The molecular formula is C17H15N5O4. The minimum absolute atomic E-state index is 0.126. The van der Waals surface area contributed by atoms with Gasteiger partial charge >= 0.3 is 5.69 Å². The second kappa shape index (κ2) is 6.43. The summed E-state index contributed by atoms with van der Waals surface area (Å²) in [6.07, 6.45) is 2.53. The maximum absolute atomic E-state index is 12.7. The molecule has 1 saturated heterocycles. The fraction of sp³-hybridized carbons (Fsp3) is 0.235. The number of carbonyl (C=O) groups is 1. The highest BCUT2D eigenvalue weighted by molar-refractivity contribution is 5.93. The van der Waals surface area contributed by atoms with Crippen molar-refractivity contribution in [3.05, 3.63) is 68.8 Å². The van der Waals surface area contributed by atoms with Crippen LogP contribution in [-0.2, 0) is 0 Å². The zero-order valence-corrected chi connectivity index (χ0v) is 13.6. The summed E-state index contributed by atoms with van der Waals surface area (Å²) < 4.78 is 5.37. The molecule has 1 aromatic carbocycles. The van der Waals surface area contributed by atoms with Gasteiger partial charge in [-0.2, -0.15) is 4.98 Å². The fourth-order valence-corrected chi connectivity index (χ4v) is 3.06. The molecule has 1 aliphatic rings. The summed E-state index contributed by atoms with van der Waals surface area (Å²) >= 11 is 0. The van der Waals surface area contributed by atoms with Crippen LogP contribution in [0, 0.1) is 0 Å². The largest absolute Gasteiger partial charge is 0.337 e. The van der Waals surface area contributed by atoms with Gasteiger partial charge in [-0.15, -0.1) is 0 Å². The predicted molar refractivity (Wildman–Crippen MR) is 90.4 cm³/mol. The van der Waals surface area contributed by atoms with Gasteiger partial charge in [-0.25, -0.2) is 4.79 Å². The Morgan fingerprint density at radius 1 is 1.23 bits per heavy atom. The van der Waals surface area contributed by atoms with Gasteiger partial charge in [-0.1, -0.05) is 35.5 Å². The quantitative estimate of drug-likeness (QED) is 0.726. The van der Waals surface area contributed by atoms with E-state index in [0.717, 1.165) is 18.2 Å². The zero-order chi connectivity index (χ0) is 18.1. The first-order chi connectivity index (χ1) is 12.6. The molecule has 26 heavy (non-hydrogen) atoms. The standard InChI is InChI=1S/C17H15N5O4/c23-14-11(9-18-17(25)20-14)16(24)22-8-4-7-12(22)15-19-13(21-26-15)10-5-2-1-3-6-10/h1-3,5-6,9,12H,4,7-8H2,(H2,18,20,23,25). The van der Waals surface area contributed by atoms with Crippen LogP contribution in [0.4, 0.5) is 0 Å². The Kier molecular flexibility index (Phi) is 3.96. The van der Waals surface area contributed by atoms with Gasteiger partial charge in [0.25, 0.3) is 11.5 Å². The molecule has 1 aliphatic heterocycles. The number of hydrogen-bond acceptors (Lipinski definition) is 6. The Morgan fingerprint density at radius 3 is 2.81 bits per heavy atom. The second-order valence-corrected chi connectivity index (χ2v) is 5.96. The molecule has 3 aromatic rings. The first-order valence-corrected chi connectivity index (χ1v) is 8.15. The number of likely N-dealkylation sites (tertiary alicyclic amines) is 1. The van der Waals surface area contributed by atoms with Gasteiger partial charge in [0.1, 0.15) is 11.6 Å². The van der Waals surface area contributed by atoms with Crippen LogP contribution in [0.1, 0.15) is 35.1 Å². The summed E-state index contributed by atoms with van der Waals surface area (Å²) in [5.41, 5.74) is -0.691. The van der Waals surface area contributed by atoms with Crippen LogP contribution >= 0.6 is 0 Å². The van der Waals surface area contributed by atoms with Gasteiger partial charge in [0.2, 0.25) is 11.7 Å². The number of hydrogen-bond donors (Lipinski definition) is 2. The molecule has 0 radical (unpaired) electrons. The van der Waals surface area contributed by atoms with Gasteiger partial charge in [-0.3, -0.25) is 14.6 Å². The summed E-state index contributed by atoms with van der Waals surface area (Å²) in [4.78, 5) is 46.1. The lowest BCUT2D eigenvalue weighted by Gasteiger charge is -2.21. The maximum Gasteiger partial charge on any atom is 0.325 e. The normalized spacial score (nSPS) is 16.8. The number of nitrogens with one attached hydrogen (secondary N) is 2. The molecule has 1 amide bonds. The van der Waals surface area contributed by atoms with E-state index in [4.69, 9.17) is 4.52 Å². The molecule has 4 rings (SSSR count). The molecule has 9 heteroatoms. The van der Waals surface area contributed by atoms with E-state index in [1.54, 1.807) is 0 Å². The van der Waals surface area contributed by atoms with Crippen LogP contribution in [0.15, 0.2) is 50.6 Å². The molecule has 0 saturated carbocycles. The fourth-order valence-electron chi connectivity index (χ4n) is 3.06. The molecule has 1 unspecified atom stereocenters. The van der Waals surface area contributed by atoms with Crippen molar-refractivity contribution < 1.29 is 9.32 Å². The van der Waals surface area contributed by atoms with Gasteiger partial charge in [0.05, 0.1) is 0 Å².